The average Bonchev–Trinajstić information content (AvgIpc) is 3.47. The van der Waals surface area contributed by atoms with Crippen molar-refractivity contribution in [1.29, 1.82) is 0 Å². The second-order valence-electron chi connectivity index (χ2n) is 6.57. The number of aromatic nitrogens is 2. The molecule has 1 amide bonds. The zero-order chi connectivity index (χ0) is 19.0. The number of carbonyl (C=O) groups excluding carboxylic acids is 1. The predicted molar refractivity (Wildman–Crippen MR) is 109 cm³/mol. The number of hydrogen-bond donors (Lipinski definition) is 1. The Morgan fingerprint density at radius 2 is 1.93 bits per heavy atom. The van der Waals surface area contributed by atoms with E-state index in [1.807, 2.05) is 25.1 Å². The molecule has 0 radical (unpaired) electrons. The summed E-state index contributed by atoms with van der Waals surface area (Å²) in [6.07, 6.45) is 2.07. The zero-order valence-corrected chi connectivity index (χ0v) is 16.3. The lowest BCUT2D eigenvalue weighted by Crippen LogP contribution is -2.33. The highest BCUT2D eigenvalue weighted by atomic mass is 35.5. The maximum atomic E-state index is 13.1. The van der Waals surface area contributed by atoms with Gasteiger partial charge in [0.25, 0.3) is 5.56 Å². The van der Waals surface area contributed by atoms with Crippen LogP contribution in [0.1, 0.15) is 19.8 Å². The summed E-state index contributed by atoms with van der Waals surface area (Å²) in [6, 6.07) is 14.5. The topological polar surface area (TPSA) is 64.0 Å². The number of halogens is 1. The van der Waals surface area contributed by atoms with Gasteiger partial charge in [0, 0.05) is 11.1 Å². The van der Waals surface area contributed by atoms with Crippen LogP contribution in [0.2, 0.25) is 5.02 Å². The Kier molecular flexibility index (Phi) is 4.93. The van der Waals surface area contributed by atoms with E-state index < -0.39 is 0 Å². The molecule has 3 aromatic rings. The van der Waals surface area contributed by atoms with Gasteiger partial charge in [-0.1, -0.05) is 35.5 Å². The average molecular weight is 400 g/mol. The first-order chi connectivity index (χ1) is 13.0. The summed E-state index contributed by atoms with van der Waals surface area (Å²) in [4.78, 5) is 30.2. The van der Waals surface area contributed by atoms with Gasteiger partial charge in [0.1, 0.15) is 0 Å². The van der Waals surface area contributed by atoms with Crippen molar-refractivity contribution in [2.45, 2.75) is 36.2 Å². The zero-order valence-electron chi connectivity index (χ0n) is 14.7. The van der Waals surface area contributed by atoms with Crippen LogP contribution in [0.3, 0.4) is 0 Å². The molecule has 0 bridgehead atoms. The van der Waals surface area contributed by atoms with E-state index in [2.05, 4.69) is 10.3 Å². The van der Waals surface area contributed by atoms with Crippen molar-refractivity contribution >= 4 is 40.2 Å². The van der Waals surface area contributed by atoms with Crippen LogP contribution < -0.4 is 10.9 Å². The second-order valence-corrected chi connectivity index (χ2v) is 8.32. The van der Waals surface area contributed by atoms with E-state index in [9.17, 15) is 9.59 Å². The van der Waals surface area contributed by atoms with Crippen LogP contribution >= 0.6 is 23.4 Å². The molecular weight excluding hydrogens is 382 g/mol. The van der Waals surface area contributed by atoms with Gasteiger partial charge in [-0.25, -0.2) is 4.98 Å². The number of carbonyl (C=O) groups is 1. The Morgan fingerprint density at radius 1 is 1.22 bits per heavy atom. The molecule has 1 atom stereocenters. The van der Waals surface area contributed by atoms with Crippen LogP contribution in [0.4, 0.5) is 0 Å². The van der Waals surface area contributed by atoms with Gasteiger partial charge < -0.3 is 5.32 Å². The largest absolute Gasteiger partial charge is 0.352 e. The first-order valence-corrected chi connectivity index (χ1v) is 10.0. The SMILES string of the molecule is C[C@H](Sc1nc2ccccc2c(=O)n1-c1ccc(Cl)cc1)C(=O)NC1CC1. The van der Waals surface area contributed by atoms with E-state index in [4.69, 9.17) is 11.6 Å². The van der Waals surface area contributed by atoms with E-state index in [-0.39, 0.29) is 16.7 Å². The lowest BCUT2D eigenvalue weighted by atomic mass is 10.2. The van der Waals surface area contributed by atoms with Gasteiger partial charge in [-0.2, -0.15) is 0 Å². The summed E-state index contributed by atoms with van der Waals surface area (Å²) in [5, 5.41) is 4.25. The molecule has 2 aromatic carbocycles. The van der Waals surface area contributed by atoms with Gasteiger partial charge in [-0.05, 0) is 56.2 Å². The summed E-state index contributed by atoms with van der Waals surface area (Å²) in [7, 11) is 0. The fourth-order valence-corrected chi connectivity index (χ4v) is 3.83. The van der Waals surface area contributed by atoms with Gasteiger partial charge in [-0.15, -0.1) is 0 Å². The first kappa shape index (κ1) is 18.1. The fourth-order valence-electron chi connectivity index (χ4n) is 2.77. The van der Waals surface area contributed by atoms with Crippen molar-refractivity contribution in [3.63, 3.8) is 0 Å². The third kappa shape index (κ3) is 3.87. The molecule has 138 valence electrons. The van der Waals surface area contributed by atoms with Crippen LogP contribution in [-0.4, -0.2) is 26.8 Å². The van der Waals surface area contributed by atoms with E-state index >= 15 is 0 Å². The Labute approximate surface area is 165 Å². The Morgan fingerprint density at radius 3 is 2.63 bits per heavy atom. The number of rotatable bonds is 5. The highest BCUT2D eigenvalue weighted by molar-refractivity contribution is 8.00. The van der Waals surface area contributed by atoms with Gasteiger partial charge >= 0.3 is 0 Å². The molecule has 1 heterocycles. The van der Waals surface area contributed by atoms with E-state index in [0.717, 1.165) is 12.8 Å². The molecule has 4 rings (SSSR count). The van der Waals surface area contributed by atoms with Crippen molar-refractivity contribution in [3.05, 3.63) is 63.9 Å². The van der Waals surface area contributed by atoms with Crippen molar-refractivity contribution in [2.75, 3.05) is 0 Å². The van der Waals surface area contributed by atoms with Crippen LogP contribution in [0.25, 0.3) is 16.6 Å². The van der Waals surface area contributed by atoms with Crippen molar-refractivity contribution in [2.24, 2.45) is 0 Å². The van der Waals surface area contributed by atoms with Gasteiger partial charge in [-0.3, -0.25) is 14.2 Å². The Hall–Kier alpha value is -2.31. The molecular formula is C20H18ClN3O2S. The van der Waals surface area contributed by atoms with Crippen molar-refractivity contribution in [1.82, 2.24) is 14.9 Å². The summed E-state index contributed by atoms with van der Waals surface area (Å²) >= 11 is 7.28. The summed E-state index contributed by atoms with van der Waals surface area (Å²) in [6.45, 7) is 1.83. The number of benzene rings is 2. The second kappa shape index (κ2) is 7.37. The number of fused-ring (bicyclic) bond motifs is 1. The van der Waals surface area contributed by atoms with Gasteiger partial charge in [0.15, 0.2) is 5.16 Å². The molecule has 27 heavy (non-hydrogen) atoms. The quantitative estimate of drug-likeness (QED) is 0.523. The maximum Gasteiger partial charge on any atom is 0.266 e. The van der Waals surface area contributed by atoms with Gasteiger partial charge in [0.2, 0.25) is 5.91 Å². The molecule has 0 aliphatic heterocycles. The Balaban J connectivity index is 1.79. The predicted octanol–water partition coefficient (Wildman–Crippen LogP) is 3.80. The maximum absolute atomic E-state index is 13.1. The number of thioether (sulfide) groups is 1. The minimum atomic E-state index is -0.364. The van der Waals surface area contributed by atoms with Crippen molar-refractivity contribution < 1.29 is 4.79 Å². The number of nitrogens with zero attached hydrogens (tertiary/aromatic N) is 2. The standard InChI is InChI=1S/C20H18ClN3O2S/c1-12(18(25)22-14-8-9-14)27-20-23-17-5-3-2-4-16(17)19(26)24(20)15-10-6-13(21)7-11-15/h2-7,10-12,14H,8-9H2,1H3,(H,22,25)/t12-/m0/s1. The molecule has 0 saturated heterocycles. The molecule has 5 nitrogen and oxygen atoms in total. The highest BCUT2D eigenvalue weighted by Gasteiger charge is 2.27. The monoisotopic (exact) mass is 399 g/mol. The summed E-state index contributed by atoms with van der Waals surface area (Å²) in [5.41, 5.74) is 1.12. The number of para-hydroxylation sites is 1. The molecule has 1 aliphatic rings. The van der Waals surface area contributed by atoms with Crippen LogP contribution in [0.15, 0.2) is 58.5 Å². The number of amides is 1. The minimum absolute atomic E-state index is 0.0347. The lowest BCUT2D eigenvalue weighted by Gasteiger charge is -2.16. The molecule has 1 fully saturated rings. The highest BCUT2D eigenvalue weighted by Crippen LogP contribution is 2.27. The molecule has 1 saturated carbocycles. The minimum Gasteiger partial charge on any atom is -0.352 e. The smallest absolute Gasteiger partial charge is 0.266 e. The Bertz CT molecular complexity index is 1060. The van der Waals surface area contributed by atoms with Crippen LogP contribution in [0, 0.1) is 0 Å². The third-order valence-corrected chi connectivity index (χ3v) is 5.71. The number of hydrogen-bond acceptors (Lipinski definition) is 4. The molecule has 7 heteroatoms. The third-order valence-electron chi connectivity index (χ3n) is 4.40. The van der Waals surface area contributed by atoms with E-state index in [1.54, 1.807) is 34.9 Å². The van der Waals surface area contributed by atoms with Crippen LogP contribution in [-0.2, 0) is 4.79 Å². The normalized spacial score (nSPS) is 14.9. The molecule has 0 spiro atoms. The lowest BCUT2D eigenvalue weighted by molar-refractivity contribution is -0.120. The summed E-state index contributed by atoms with van der Waals surface area (Å²) < 4.78 is 1.55. The molecule has 0 unspecified atom stereocenters. The first-order valence-electron chi connectivity index (χ1n) is 8.78. The van der Waals surface area contributed by atoms with Gasteiger partial charge in [0.05, 0.1) is 21.8 Å². The fraction of sp³-hybridized carbons (Fsp3) is 0.250. The molecule has 1 N–H and O–H groups in total. The van der Waals surface area contributed by atoms with Crippen LogP contribution in [0.5, 0.6) is 0 Å². The molecule has 1 aliphatic carbocycles. The van der Waals surface area contributed by atoms with E-state index in [0.29, 0.717) is 32.8 Å². The molecule has 1 aromatic heterocycles. The summed E-state index contributed by atoms with van der Waals surface area (Å²) in [5.74, 6) is -0.0347. The van der Waals surface area contributed by atoms with E-state index in [1.165, 1.54) is 11.8 Å². The van der Waals surface area contributed by atoms with Crippen molar-refractivity contribution in [3.8, 4) is 5.69 Å². The number of nitrogens with one attached hydrogen (secondary N) is 1.